The monoisotopic (exact) mass is 279 g/mol. The van der Waals surface area contributed by atoms with Gasteiger partial charge in [0, 0.05) is 6.54 Å². The number of aromatic nitrogens is 2. The Labute approximate surface area is 116 Å². The van der Waals surface area contributed by atoms with E-state index in [1.165, 1.54) is 0 Å². The number of hydrogen-bond acceptors (Lipinski definition) is 5. The second kappa shape index (κ2) is 5.96. The van der Waals surface area contributed by atoms with Gasteiger partial charge in [-0.15, -0.1) is 0 Å². The van der Waals surface area contributed by atoms with Gasteiger partial charge in [-0.25, -0.2) is 0 Å². The molecule has 0 radical (unpaired) electrons. The number of morpholine rings is 1. The number of ether oxygens (including phenoxy) is 1. The van der Waals surface area contributed by atoms with Crippen molar-refractivity contribution in [1.29, 1.82) is 0 Å². The van der Waals surface area contributed by atoms with E-state index in [1.807, 2.05) is 0 Å². The fourth-order valence-electron chi connectivity index (χ4n) is 2.21. The molecule has 1 fully saturated rings. The maximum Gasteiger partial charge on any atom is 0.305 e. The van der Waals surface area contributed by atoms with E-state index < -0.39 is 12.0 Å². The largest absolute Gasteiger partial charge is 0.481 e. The molecule has 7 nitrogen and oxygen atoms in total. The lowest BCUT2D eigenvalue weighted by Gasteiger charge is -2.35. The van der Waals surface area contributed by atoms with E-state index in [9.17, 15) is 9.59 Å². The summed E-state index contributed by atoms with van der Waals surface area (Å²) in [5.74, 6) is -1.16. The van der Waals surface area contributed by atoms with Crippen molar-refractivity contribution in [2.75, 3.05) is 19.8 Å². The molecule has 2 heterocycles. The molecule has 1 atom stereocenters. The van der Waals surface area contributed by atoms with Crippen molar-refractivity contribution in [1.82, 2.24) is 15.1 Å². The first-order chi connectivity index (χ1) is 9.49. The van der Waals surface area contributed by atoms with E-state index in [0.29, 0.717) is 30.1 Å². The molecular weight excluding hydrogens is 262 g/mol. The molecule has 0 aliphatic carbocycles. The topological polar surface area (TPSA) is 92.6 Å². The van der Waals surface area contributed by atoms with Crippen LogP contribution in [0.15, 0.2) is 6.07 Å². The normalized spacial score (nSPS) is 18.9. The summed E-state index contributed by atoms with van der Waals surface area (Å²) in [7, 11) is 0. The van der Waals surface area contributed by atoms with Crippen LogP contribution in [0.5, 0.6) is 0 Å². The standard InChI is InChI=1S/C13H17N3O4/c1-8-5-11(9(2)15-14-8)13(19)16-3-4-20-7-10(16)6-12(17)18/h5,10H,3-4,6-7H2,1-2H3,(H,17,18). The zero-order valence-corrected chi connectivity index (χ0v) is 11.5. The van der Waals surface area contributed by atoms with Crippen LogP contribution < -0.4 is 0 Å². The molecule has 0 saturated carbocycles. The molecule has 2 rings (SSSR count). The number of carbonyl (C=O) groups is 2. The quantitative estimate of drug-likeness (QED) is 0.861. The summed E-state index contributed by atoms with van der Waals surface area (Å²) in [6.07, 6.45) is -0.123. The van der Waals surface area contributed by atoms with Crippen LogP contribution in [0.4, 0.5) is 0 Å². The highest BCUT2D eigenvalue weighted by Crippen LogP contribution is 2.16. The highest BCUT2D eigenvalue weighted by Gasteiger charge is 2.30. The Morgan fingerprint density at radius 2 is 2.20 bits per heavy atom. The van der Waals surface area contributed by atoms with Crippen LogP contribution in [0.1, 0.15) is 28.2 Å². The fraction of sp³-hybridized carbons (Fsp3) is 0.538. The van der Waals surface area contributed by atoms with Crippen LogP contribution in [0.25, 0.3) is 0 Å². The zero-order valence-electron chi connectivity index (χ0n) is 11.5. The van der Waals surface area contributed by atoms with Gasteiger partial charge in [0.15, 0.2) is 0 Å². The molecule has 0 bridgehead atoms. The molecule has 1 aromatic heterocycles. The lowest BCUT2D eigenvalue weighted by atomic mass is 10.1. The Bertz CT molecular complexity index is 532. The highest BCUT2D eigenvalue weighted by atomic mass is 16.5. The molecule has 20 heavy (non-hydrogen) atoms. The highest BCUT2D eigenvalue weighted by molar-refractivity contribution is 5.95. The molecular formula is C13H17N3O4. The van der Waals surface area contributed by atoms with Gasteiger partial charge in [0.05, 0.1) is 42.6 Å². The van der Waals surface area contributed by atoms with E-state index >= 15 is 0 Å². The molecule has 1 aromatic rings. The van der Waals surface area contributed by atoms with E-state index in [-0.39, 0.29) is 18.9 Å². The number of carboxylic acid groups (broad SMARTS) is 1. The van der Waals surface area contributed by atoms with Crippen LogP contribution in [0.3, 0.4) is 0 Å². The van der Waals surface area contributed by atoms with Gasteiger partial charge in [-0.3, -0.25) is 9.59 Å². The van der Waals surface area contributed by atoms with Crippen molar-refractivity contribution in [3.8, 4) is 0 Å². The van der Waals surface area contributed by atoms with Crippen LogP contribution >= 0.6 is 0 Å². The van der Waals surface area contributed by atoms with Crippen molar-refractivity contribution >= 4 is 11.9 Å². The predicted molar refractivity (Wildman–Crippen MR) is 69.4 cm³/mol. The molecule has 1 aliphatic rings. The average Bonchev–Trinajstić information content (AvgIpc) is 2.41. The number of nitrogens with zero attached hydrogens (tertiary/aromatic N) is 3. The minimum absolute atomic E-state index is 0.123. The molecule has 1 aliphatic heterocycles. The van der Waals surface area contributed by atoms with Crippen LogP contribution in [-0.4, -0.2) is 57.9 Å². The van der Waals surface area contributed by atoms with Gasteiger partial charge >= 0.3 is 5.97 Å². The lowest BCUT2D eigenvalue weighted by Crippen LogP contribution is -2.49. The molecule has 1 saturated heterocycles. The molecule has 7 heteroatoms. The molecule has 0 aromatic carbocycles. The predicted octanol–water partition coefficient (Wildman–Crippen LogP) is 0.409. The summed E-state index contributed by atoms with van der Waals surface area (Å²) in [5.41, 5.74) is 1.66. The Morgan fingerprint density at radius 1 is 1.45 bits per heavy atom. The van der Waals surface area contributed by atoms with Crippen molar-refractivity contribution in [3.63, 3.8) is 0 Å². The minimum Gasteiger partial charge on any atom is -0.481 e. The number of amides is 1. The Hall–Kier alpha value is -2.02. The number of aryl methyl sites for hydroxylation is 2. The Morgan fingerprint density at radius 3 is 2.90 bits per heavy atom. The van der Waals surface area contributed by atoms with Crippen molar-refractivity contribution in [2.24, 2.45) is 0 Å². The zero-order chi connectivity index (χ0) is 14.7. The first-order valence-electron chi connectivity index (χ1n) is 6.40. The maximum atomic E-state index is 12.6. The third kappa shape index (κ3) is 3.11. The van der Waals surface area contributed by atoms with Crippen LogP contribution in [0, 0.1) is 13.8 Å². The van der Waals surface area contributed by atoms with E-state index in [1.54, 1.807) is 24.8 Å². The smallest absolute Gasteiger partial charge is 0.305 e. The first-order valence-corrected chi connectivity index (χ1v) is 6.40. The van der Waals surface area contributed by atoms with E-state index in [2.05, 4.69) is 10.2 Å². The fourth-order valence-corrected chi connectivity index (χ4v) is 2.21. The molecule has 1 amide bonds. The first kappa shape index (κ1) is 14.4. The SMILES string of the molecule is Cc1cc(C(=O)N2CCOCC2CC(=O)O)c(C)nn1. The van der Waals surface area contributed by atoms with Crippen molar-refractivity contribution in [3.05, 3.63) is 23.0 Å². The summed E-state index contributed by atoms with van der Waals surface area (Å²) in [4.78, 5) is 25.0. The van der Waals surface area contributed by atoms with Gasteiger partial charge in [0.1, 0.15) is 0 Å². The second-order valence-electron chi connectivity index (χ2n) is 4.81. The van der Waals surface area contributed by atoms with Crippen molar-refractivity contribution < 1.29 is 19.4 Å². The summed E-state index contributed by atoms with van der Waals surface area (Å²) < 4.78 is 5.27. The number of carboxylic acids is 1. The lowest BCUT2D eigenvalue weighted by molar-refractivity contribution is -0.139. The second-order valence-corrected chi connectivity index (χ2v) is 4.81. The molecule has 1 unspecified atom stereocenters. The van der Waals surface area contributed by atoms with Gasteiger partial charge in [-0.05, 0) is 19.9 Å². The molecule has 108 valence electrons. The maximum absolute atomic E-state index is 12.6. The van der Waals surface area contributed by atoms with Gasteiger partial charge in [-0.2, -0.15) is 10.2 Å². The average molecular weight is 279 g/mol. The number of aliphatic carboxylic acids is 1. The van der Waals surface area contributed by atoms with E-state index in [4.69, 9.17) is 9.84 Å². The Balaban J connectivity index is 2.25. The van der Waals surface area contributed by atoms with Gasteiger partial charge in [0.25, 0.3) is 5.91 Å². The number of carbonyl (C=O) groups excluding carboxylic acids is 1. The number of hydrogen-bond donors (Lipinski definition) is 1. The molecule has 1 N–H and O–H groups in total. The number of rotatable bonds is 3. The van der Waals surface area contributed by atoms with Crippen molar-refractivity contribution in [2.45, 2.75) is 26.3 Å². The van der Waals surface area contributed by atoms with Gasteiger partial charge in [0.2, 0.25) is 0 Å². The minimum atomic E-state index is -0.945. The van der Waals surface area contributed by atoms with Crippen LogP contribution in [-0.2, 0) is 9.53 Å². The summed E-state index contributed by atoms with van der Waals surface area (Å²) in [6, 6.07) is 1.24. The van der Waals surface area contributed by atoms with Gasteiger partial charge in [-0.1, -0.05) is 0 Å². The summed E-state index contributed by atoms with van der Waals surface area (Å²) >= 11 is 0. The third-order valence-electron chi connectivity index (χ3n) is 3.23. The molecule has 0 spiro atoms. The Kier molecular flexibility index (Phi) is 4.29. The third-order valence-corrected chi connectivity index (χ3v) is 3.23. The van der Waals surface area contributed by atoms with Crippen LogP contribution in [0.2, 0.25) is 0 Å². The van der Waals surface area contributed by atoms with Gasteiger partial charge < -0.3 is 14.7 Å². The summed E-state index contributed by atoms with van der Waals surface area (Å²) in [5, 5.41) is 16.7. The van der Waals surface area contributed by atoms with E-state index in [0.717, 1.165) is 0 Å². The summed E-state index contributed by atoms with van der Waals surface area (Å²) in [6.45, 7) is 4.52.